The number of carbonyl (C=O) groups excluding carboxylic acids is 1. The van der Waals surface area contributed by atoms with Gasteiger partial charge in [0, 0.05) is 18.7 Å². The molecule has 1 amide bonds. The van der Waals surface area contributed by atoms with Gasteiger partial charge in [0.15, 0.2) is 11.5 Å². The summed E-state index contributed by atoms with van der Waals surface area (Å²) in [7, 11) is 3.14. The first-order valence-electron chi connectivity index (χ1n) is 10.00. The Balaban J connectivity index is 1.59. The van der Waals surface area contributed by atoms with Gasteiger partial charge in [-0.25, -0.2) is 0 Å². The minimum Gasteiger partial charge on any atom is -0.493 e. The largest absolute Gasteiger partial charge is 0.493 e. The molecule has 0 aromatic heterocycles. The Bertz CT molecular complexity index is 783. The van der Waals surface area contributed by atoms with Crippen molar-refractivity contribution in [1.82, 2.24) is 10.2 Å². The Kier molecular flexibility index (Phi) is 7.31. The third-order valence-electron chi connectivity index (χ3n) is 5.20. The Labute approximate surface area is 167 Å². The van der Waals surface area contributed by atoms with Gasteiger partial charge in [-0.2, -0.15) is 0 Å². The molecule has 1 aliphatic heterocycles. The van der Waals surface area contributed by atoms with Crippen molar-refractivity contribution < 1.29 is 14.3 Å². The lowest BCUT2D eigenvalue weighted by Gasteiger charge is -2.20. The van der Waals surface area contributed by atoms with Crippen LogP contribution in [0.15, 0.2) is 42.5 Å². The Morgan fingerprint density at radius 1 is 0.929 bits per heavy atom. The molecular weight excluding hydrogens is 352 g/mol. The van der Waals surface area contributed by atoms with E-state index in [-0.39, 0.29) is 5.91 Å². The lowest BCUT2D eigenvalue weighted by molar-refractivity contribution is 0.0950. The van der Waals surface area contributed by atoms with E-state index in [4.69, 9.17) is 9.47 Å². The van der Waals surface area contributed by atoms with Crippen molar-refractivity contribution in [3.05, 3.63) is 59.2 Å². The molecule has 0 aliphatic carbocycles. The number of nitrogens with zero attached hydrogens (tertiary/aromatic N) is 1. The molecule has 3 rings (SSSR count). The summed E-state index contributed by atoms with van der Waals surface area (Å²) in [6.45, 7) is 3.85. The zero-order valence-corrected chi connectivity index (χ0v) is 16.9. The SMILES string of the molecule is COc1ccc(C(=O)NCc2cccc(CN3CCCCCC3)c2)cc1OC. The van der Waals surface area contributed by atoms with E-state index in [0.29, 0.717) is 23.6 Å². The summed E-state index contributed by atoms with van der Waals surface area (Å²) in [6, 6.07) is 13.7. The molecule has 0 atom stereocenters. The van der Waals surface area contributed by atoms with E-state index < -0.39 is 0 Å². The number of methoxy groups -OCH3 is 2. The zero-order valence-electron chi connectivity index (χ0n) is 16.9. The van der Waals surface area contributed by atoms with Crippen molar-refractivity contribution in [2.24, 2.45) is 0 Å². The van der Waals surface area contributed by atoms with Crippen molar-refractivity contribution in [3.8, 4) is 11.5 Å². The van der Waals surface area contributed by atoms with Gasteiger partial charge in [0.25, 0.3) is 5.91 Å². The van der Waals surface area contributed by atoms with Crippen LogP contribution in [-0.4, -0.2) is 38.1 Å². The van der Waals surface area contributed by atoms with Crippen molar-refractivity contribution in [2.75, 3.05) is 27.3 Å². The molecular formula is C23H30N2O3. The van der Waals surface area contributed by atoms with Gasteiger partial charge < -0.3 is 14.8 Å². The zero-order chi connectivity index (χ0) is 19.8. The highest BCUT2D eigenvalue weighted by Crippen LogP contribution is 2.27. The lowest BCUT2D eigenvalue weighted by Crippen LogP contribution is -2.24. The molecule has 0 saturated carbocycles. The first kappa shape index (κ1) is 20.2. The van der Waals surface area contributed by atoms with Crippen LogP contribution in [0.1, 0.15) is 47.2 Å². The van der Waals surface area contributed by atoms with Gasteiger partial charge in [-0.3, -0.25) is 9.69 Å². The fourth-order valence-electron chi connectivity index (χ4n) is 3.65. The van der Waals surface area contributed by atoms with Crippen LogP contribution < -0.4 is 14.8 Å². The molecule has 0 unspecified atom stereocenters. The smallest absolute Gasteiger partial charge is 0.251 e. The van der Waals surface area contributed by atoms with Gasteiger partial charge in [-0.1, -0.05) is 37.1 Å². The molecule has 28 heavy (non-hydrogen) atoms. The summed E-state index contributed by atoms with van der Waals surface area (Å²) in [6.07, 6.45) is 5.28. The highest BCUT2D eigenvalue weighted by Gasteiger charge is 2.12. The first-order chi connectivity index (χ1) is 13.7. The summed E-state index contributed by atoms with van der Waals surface area (Å²) < 4.78 is 10.5. The van der Waals surface area contributed by atoms with Gasteiger partial charge in [0.1, 0.15) is 0 Å². The third-order valence-corrected chi connectivity index (χ3v) is 5.20. The summed E-state index contributed by atoms with van der Waals surface area (Å²) in [5.41, 5.74) is 2.97. The average molecular weight is 383 g/mol. The maximum atomic E-state index is 12.5. The second-order valence-electron chi connectivity index (χ2n) is 7.26. The van der Waals surface area contributed by atoms with Crippen LogP contribution in [0.3, 0.4) is 0 Å². The van der Waals surface area contributed by atoms with Crippen LogP contribution in [0.2, 0.25) is 0 Å². The van der Waals surface area contributed by atoms with Crippen LogP contribution in [0.4, 0.5) is 0 Å². The second-order valence-corrected chi connectivity index (χ2v) is 7.26. The third kappa shape index (κ3) is 5.49. The van der Waals surface area contributed by atoms with E-state index in [9.17, 15) is 4.79 Å². The predicted octanol–water partition coefficient (Wildman–Crippen LogP) is 4.01. The molecule has 2 aromatic carbocycles. The first-order valence-corrected chi connectivity index (χ1v) is 10.00. The quantitative estimate of drug-likeness (QED) is 0.786. The number of hydrogen-bond acceptors (Lipinski definition) is 4. The lowest BCUT2D eigenvalue weighted by atomic mass is 10.1. The highest BCUT2D eigenvalue weighted by molar-refractivity contribution is 5.94. The number of ether oxygens (including phenoxy) is 2. The molecule has 1 aliphatic rings. The Hall–Kier alpha value is -2.53. The van der Waals surface area contributed by atoms with E-state index in [1.165, 1.54) is 44.3 Å². The van der Waals surface area contributed by atoms with Gasteiger partial charge in [0.2, 0.25) is 0 Å². The molecule has 0 spiro atoms. The van der Waals surface area contributed by atoms with Gasteiger partial charge >= 0.3 is 0 Å². The average Bonchev–Trinajstić information content (AvgIpc) is 3.00. The van der Waals surface area contributed by atoms with Gasteiger partial charge in [-0.05, 0) is 55.3 Å². The molecule has 5 heteroatoms. The van der Waals surface area contributed by atoms with E-state index in [0.717, 1.165) is 12.1 Å². The van der Waals surface area contributed by atoms with Crippen LogP contribution >= 0.6 is 0 Å². The summed E-state index contributed by atoms with van der Waals surface area (Å²) in [4.78, 5) is 15.0. The van der Waals surface area contributed by atoms with E-state index in [1.807, 2.05) is 0 Å². The predicted molar refractivity (Wildman–Crippen MR) is 111 cm³/mol. The normalized spacial score (nSPS) is 14.9. The molecule has 1 heterocycles. The number of likely N-dealkylation sites (tertiary alicyclic amines) is 1. The van der Waals surface area contributed by atoms with Crippen molar-refractivity contribution in [3.63, 3.8) is 0 Å². The van der Waals surface area contributed by atoms with Crippen molar-refractivity contribution in [1.29, 1.82) is 0 Å². The standard InChI is InChI=1S/C23H30N2O3/c1-27-21-11-10-20(15-22(21)28-2)23(26)24-16-18-8-7-9-19(14-18)17-25-12-5-3-4-6-13-25/h7-11,14-15H,3-6,12-13,16-17H2,1-2H3,(H,24,26). The van der Waals surface area contributed by atoms with Crippen molar-refractivity contribution >= 4 is 5.91 Å². The fourth-order valence-corrected chi connectivity index (χ4v) is 3.65. The number of amides is 1. The van der Waals surface area contributed by atoms with E-state index in [2.05, 4.69) is 34.5 Å². The molecule has 0 bridgehead atoms. The summed E-state index contributed by atoms with van der Waals surface area (Å²) in [5, 5.41) is 3.00. The minimum absolute atomic E-state index is 0.126. The van der Waals surface area contributed by atoms with Crippen molar-refractivity contribution in [2.45, 2.75) is 38.8 Å². The summed E-state index contributed by atoms with van der Waals surface area (Å²) in [5.74, 6) is 1.04. The number of nitrogens with one attached hydrogen (secondary N) is 1. The van der Waals surface area contributed by atoms with Gasteiger partial charge in [-0.15, -0.1) is 0 Å². The molecule has 1 saturated heterocycles. The van der Waals surface area contributed by atoms with Crippen LogP contribution in [0, 0.1) is 0 Å². The molecule has 1 fully saturated rings. The fraction of sp³-hybridized carbons (Fsp3) is 0.435. The van der Waals surface area contributed by atoms with Crippen LogP contribution in [-0.2, 0) is 13.1 Å². The number of rotatable bonds is 7. The Morgan fingerprint density at radius 2 is 1.64 bits per heavy atom. The highest BCUT2D eigenvalue weighted by atomic mass is 16.5. The topological polar surface area (TPSA) is 50.8 Å². The summed E-state index contributed by atoms with van der Waals surface area (Å²) >= 11 is 0. The second kappa shape index (κ2) is 10.1. The molecule has 2 aromatic rings. The van der Waals surface area contributed by atoms with E-state index in [1.54, 1.807) is 32.4 Å². The Morgan fingerprint density at radius 3 is 2.36 bits per heavy atom. The van der Waals surface area contributed by atoms with Crippen LogP contribution in [0.25, 0.3) is 0 Å². The molecule has 1 N–H and O–H groups in total. The molecule has 5 nitrogen and oxygen atoms in total. The monoisotopic (exact) mass is 382 g/mol. The number of benzene rings is 2. The number of carbonyl (C=O) groups is 1. The maximum Gasteiger partial charge on any atom is 0.251 e. The minimum atomic E-state index is -0.126. The van der Waals surface area contributed by atoms with E-state index >= 15 is 0 Å². The molecule has 150 valence electrons. The number of hydrogen-bond donors (Lipinski definition) is 1. The van der Waals surface area contributed by atoms with Gasteiger partial charge in [0.05, 0.1) is 14.2 Å². The molecule has 0 radical (unpaired) electrons. The van der Waals surface area contributed by atoms with Crippen LogP contribution in [0.5, 0.6) is 11.5 Å². The maximum absolute atomic E-state index is 12.5.